The minimum atomic E-state index is 0.508. The lowest BCUT2D eigenvalue weighted by Crippen LogP contribution is -2.03. The summed E-state index contributed by atoms with van der Waals surface area (Å²) in [4.78, 5) is 4.66. The Morgan fingerprint density at radius 1 is 1.47 bits per heavy atom. The van der Waals surface area contributed by atoms with Gasteiger partial charge in [0.25, 0.3) is 0 Å². The van der Waals surface area contributed by atoms with Gasteiger partial charge in [-0.1, -0.05) is 36.7 Å². The zero-order valence-electron chi connectivity index (χ0n) is 10.5. The van der Waals surface area contributed by atoms with Gasteiger partial charge in [-0.2, -0.15) is 0 Å². The van der Waals surface area contributed by atoms with Crippen LogP contribution in [0.2, 0.25) is 0 Å². The molecule has 0 aromatic rings. The summed E-state index contributed by atoms with van der Waals surface area (Å²) in [6, 6.07) is 0. The second-order valence-electron chi connectivity index (χ2n) is 4.50. The average molecular weight is 272 g/mol. The van der Waals surface area contributed by atoms with Gasteiger partial charge in [0.15, 0.2) is 0 Å². The SMILES string of the molecule is C=C(Cl)/C=C(\C=C(/C)Cl)CN=C1CCCC1C. The predicted octanol–water partition coefficient (Wildman–Crippen LogP) is 5.07. The normalized spacial score (nSPS) is 24.5. The fraction of sp³-hybridized carbons (Fsp3) is 0.500. The van der Waals surface area contributed by atoms with Gasteiger partial charge in [-0.05, 0) is 49.8 Å². The Morgan fingerprint density at radius 3 is 2.65 bits per heavy atom. The van der Waals surface area contributed by atoms with E-state index in [1.165, 1.54) is 18.6 Å². The molecule has 0 aliphatic heterocycles. The van der Waals surface area contributed by atoms with E-state index in [1.54, 1.807) is 0 Å². The molecule has 1 saturated carbocycles. The topological polar surface area (TPSA) is 12.4 Å². The monoisotopic (exact) mass is 271 g/mol. The molecule has 0 N–H and O–H groups in total. The quantitative estimate of drug-likeness (QED) is 0.633. The molecule has 0 amide bonds. The van der Waals surface area contributed by atoms with Crippen molar-refractivity contribution in [3.05, 3.63) is 34.4 Å². The van der Waals surface area contributed by atoms with E-state index in [4.69, 9.17) is 23.2 Å². The Labute approximate surface area is 114 Å². The van der Waals surface area contributed by atoms with E-state index >= 15 is 0 Å². The second-order valence-corrected chi connectivity index (χ2v) is 5.58. The largest absolute Gasteiger partial charge is 0.289 e. The number of hydrogen-bond acceptors (Lipinski definition) is 1. The van der Waals surface area contributed by atoms with Crippen LogP contribution in [0.25, 0.3) is 0 Å². The molecule has 0 aromatic carbocycles. The highest BCUT2D eigenvalue weighted by Gasteiger charge is 2.17. The van der Waals surface area contributed by atoms with Crippen LogP contribution in [-0.2, 0) is 0 Å². The van der Waals surface area contributed by atoms with Crippen molar-refractivity contribution in [2.24, 2.45) is 10.9 Å². The van der Waals surface area contributed by atoms with E-state index in [0.29, 0.717) is 17.5 Å². The molecular weight excluding hydrogens is 253 g/mol. The van der Waals surface area contributed by atoms with Gasteiger partial charge in [0.2, 0.25) is 0 Å². The standard InChI is InChI=1S/C14H19Cl2N/c1-10-5-4-6-14(10)17-9-13(7-11(2)15)8-12(3)16/h7-8,10H,2,4-6,9H2,1,3H3/b12-8+,13-7+,17-14?. The Balaban J connectivity index is 2.74. The van der Waals surface area contributed by atoms with Crippen LogP contribution in [0.15, 0.2) is 39.4 Å². The number of rotatable bonds is 4. The molecule has 94 valence electrons. The predicted molar refractivity (Wildman–Crippen MR) is 78.0 cm³/mol. The van der Waals surface area contributed by atoms with Gasteiger partial charge in [-0.3, -0.25) is 4.99 Å². The molecule has 1 rings (SSSR count). The fourth-order valence-corrected chi connectivity index (χ4v) is 2.30. The molecule has 1 aliphatic rings. The average Bonchev–Trinajstić information content (AvgIpc) is 2.59. The van der Waals surface area contributed by atoms with Crippen LogP contribution >= 0.6 is 23.2 Å². The highest BCUT2D eigenvalue weighted by Crippen LogP contribution is 2.22. The van der Waals surface area contributed by atoms with Gasteiger partial charge in [-0.25, -0.2) is 0 Å². The van der Waals surface area contributed by atoms with Crippen molar-refractivity contribution in [1.29, 1.82) is 0 Å². The van der Waals surface area contributed by atoms with E-state index in [2.05, 4.69) is 18.5 Å². The zero-order chi connectivity index (χ0) is 12.8. The Kier molecular flexibility index (Phi) is 6.01. The van der Waals surface area contributed by atoms with Crippen molar-refractivity contribution < 1.29 is 0 Å². The third kappa shape index (κ3) is 5.56. The van der Waals surface area contributed by atoms with Crippen LogP contribution in [0.3, 0.4) is 0 Å². The van der Waals surface area contributed by atoms with Crippen molar-refractivity contribution in [2.45, 2.75) is 33.1 Å². The Hall–Kier alpha value is -0.530. The lowest BCUT2D eigenvalue weighted by Gasteiger charge is -2.04. The number of halogens is 2. The van der Waals surface area contributed by atoms with Gasteiger partial charge in [0.1, 0.15) is 0 Å². The molecule has 0 radical (unpaired) electrons. The van der Waals surface area contributed by atoms with Crippen LogP contribution in [0.4, 0.5) is 0 Å². The molecule has 0 bridgehead atoms. The number of aliphatic imine (C=N–C) groups is 1. The molecule has 1 nitrogen and oxygen atoms in total. The summed E-state index contributed by atoms with van der Waals surface area (Å²) in [5, 5.41) is 1.24. The molecule has 0 saturated heterocycles. The molecule has 1 atom stereocenters. The fourth-order valence-electron chi connectivity index (χ4n) is 2.02. The first-order valence-electron chi connectivity index (χ1n) is 5.91. The maximum atomic E-state index is 5.88. The molecule has 0 aromatic heterocycles. The second kappa shape index (κ2) is 7.03. The van der Waals surface area contributed by atoms with E-state index in [-0.39, 0.29) is 0 Å². The van der Waals surface area contributed by atoms with Crippen molar-refractivity contribution in [2.75, 3.05) is 6.54 Å². The lowest BCUT2D eigenvalue weighted by atomic mass is 10.1. The molecule has 1 unspecified atom stereocenters. The first kappa shape index (κ1) is 14.5. The third-order valence-corrected chi connectivity index (χ3v) is 3.05. The van der Waals surface area contributed by atoms with Crippen molar-refractivity contribution in [3.8, 4) is 0 Å². The molecule has 1 aliphatic carbocycles. The maximum absolute atomic E-state index is 5.88. The Bertz CT molecular complexity index is 374. The highest BCUT2D eigenvalue weighted by molar-refractivity contribution is 6.31. The number of nitrogens with zero attached hydrogens (tertiary/aromatic N) is 1. The number of hydrogen-bond donors (Lipinski definition) is 0. The van der Waals surface area contributed by atoms with Gasteiger partial charge in [0, 0.05) is 15.8 Å². The first-order valence-corrected chi connectivity index (χ1v) is 6.66. The lowest BCUT2D eigenvalue weighted by molar-refractivity contribution is 0.727. The van der Waals surface area contributed by atoms with Crippen molar-refractivity contribution in [1.82, 2.24) is 0 Å². The van der Waals surface area contributed by atoms with Gasteiger partial charge in [0.05, 0.1) is 6.54 Å². The van der Waals surface area contributed by atoms with E-state index in [9.17, 15) is 0 Å². The van der Waals surface area contributed by atoms with Crippen molar-refractivity contribution in [3.63, 3.8) is 0 Å². The van der Waals surface area contributed by atoms with E-state index in [1.807, 2.05) is 19.1 Å². The summed E-state index contributed by atoms with van der Waals surface area (Å²) >= 11 is 11.7. The highest BCUT2D eigenvalue weighted by atomic mass is 35.5. The van der Waals surface area contributed by atoms with Gasteiger partial charge in [-0.15, -0.1) is 0 Å². The smallest absolute Gasteiger partial charge is 0.0640 e. The van der Waals surface area contributed by atoms with Crippen molar-refractivity contribution >= 4 is 28.9 Å². The van der Waals surface area contributed by atoms with Crippen LogP contribution in [0, 0.1) is 5.92 Å². The summed E-state index contributed by atoms with van der Waals surface area (Å²) in [6.07, 6.45) is 7.34. The molecule has 1 fully saturated rings. The third-order valence-electron chi connectivity index (χ3n) is 2.83. The summed E-state index contributed by atoms with van der Waals surface area (Å²) < 4.78 is 0. The molecule has 0 spiro atoms. The van der Waals surface area contributed by atoms with Gasteiger partial charge >= 0.3 is 0 Å². The maximum Gasteiger partial charge on any atom is 0.0640 e. The van der Waals surface area contributed by atoms with Crippen LogP contribution < -0.4 is 0 Å². The molecular formula is C14H19Cl2N. The number of allylic oxidation sites excluding steroid dienone is 3. The summed E-state index contributed by atoms with van der Waals surface area (Å²) in [5.74, 6) is 0.622. The van der Waals surface area contributed by atoms with Crippen LogP contribution in [0.1, 0.15) is 33.1 Å². The van der Waals surface area contributed by atoms with E-state index < -0.39 is 0 Å². The van der Waals surface area contributed by atoms with Gasteiger partial charge < -0.3 is 0 Å². The minimum Gasteiger partial charge on any atom is -0.289 e. The minimum absolute atomic E-state index is 0.508. The summed E-state index contributed by atoms with van der Waals surface area (Å²) in [6.45, 7) is 8.38. The molecule has 3 heteroatoms. The summed E-state index contributed by atoms with van der Waals surface area (Å²) in [7, 11) is 0. The van der Waals surface area contributed by atoms with E-state index in [0.717, 1.165) is 17.0 Å². The molecule has 0 heterocycles. The first-order chi connectivity index (χ1) is 7.99. The zero-order valence-corrected chi connectivity index (χ0v) is 12.0. The molecule has 17 heavy (non-hydrogen) atoms. The Morgan fingerprint density at radius 2 is 2.18 bits per heavy atom. The summed E-state index contributed by atoms with van der Waals surface area (Å²) in [5.41, 5.74) is 2.32. The van der Waals surface area contributed by atoms with Crippen LogP contribution in [0.5, 0.6) is 0 Å². The van der Waals surface area contributed by atoms with Crippen LogP contribution in [-0.4, -0.2) is 12.3 Å².